The van der Waals surface area contributed by atoms with Crippen LogP contribution in [0, 0.1) is 5.92 Å². The molecule has 2 aliphatic rings. The third-order valence-corrected chi connectivity index (χ3v) is 6.97. The monoisotopic (exact) mass is 380 g/mol. The van der Waals surface area contributed by atoms with Crippen LogP contribution in [-0.4, -0.2) is 61.9 Å². The van der Waals surface area contributed by atoms with Gasteiger partial charge in [0, 0.05) is 32.1 Å². The molecule has 2 fully saturated rings. The molecular weight excluding hydrogens is 352 g/mol. The second-order valence-electron chi connectivity index (χ2n) is 7.42. The van der Waals surface area contributed by atoms with Crippen LogP contribution in [-0.2, 0) is 25.3 Å². The van der Waals surface area contributed by atoms with Crippen LogP contribution < -0.4 is 0 Å². The van der Waals surface area contributed by atoms with E-state index >= 15 is 0 Å². The number of carbonyl (C=O) groups is 1. The fraction of sp³-hybridized carbons (Fsp3) is 0.632. The molecule has 0 saturated carbocycles. The lowest BCUT2D eigenvalue weighted by molar-refractivity contribution is -0.148. The molecular formula is C19H28N2O4S. The fourth-order valence-electron chi connectivity index (χ4n) is 3.87. The molecule has 2 heterocycles. The minimum atomic E-state index is -3.34. The summed E-state index contributed by atoms with van der Waals surface area (Å²) in [5.41, 5.74) is 0.794. The minimum absolute atomic E-state index is 0.0188. The van der Waals surface area contributed by atoms with Crippen molar-refractivity contribution in [2.24, 2.45) is 5.92 Å². The maximum atomic E-state index is 12.8. The van der Waals surface area contributed by atoms with E-state index in [1.54, 1.807) is 0 Å². The van der Waals surface area contributed by atoms with Crippen molar-refractivity contribution in [3.8, 4) is 0 Å². The van der Waals surface area contributed by atoms with Gasteiger partial charge in [0.15, 0.2) is 0 Å². The number of amides is 1. The number of morpholine rings is 1. The van der Waals surface area contributed by atoms with E-state index in [0.29, 0.717) is 39.0 Å². The van der Waals surface area contributed by atoms with Crippen LogP contribution >= 0.6 is 0 Å². The smallest absolute Gasteiger partial charge is 0.225 e. The van der Waals surface area contributed by atoms with E-state index in [1.807, 2.05) is 49.1 Å². The Bertz CT molecular complexity index is 704. The van der Waals surface area contributed by atoms with Crippen molar-refractivity contribution >= 4 is 15.9 Å². The zero-order valence-electron chi connectivity index (χ0n) is 15.5. The van der Waals surface area contributed by atoms with Crippen LogP contribution in [0.15, 0.2) is 30.3 Å². The molecule has 0 spiro atoms. The molecule has 1 amide bonds. The highest BCUT2D eigenvalue weighted by atomic mass is 32.2. The van der Waals surface area contributed by atoms with Crippen molar-refractivity contribution in [1.29, 1.82) is 0 Å². The highest BCUT2D eigenvalue weighted by Crippen LogP contribution is 2.24. The number of hydrogen-bond donors (Lipinski definition) is 0. The van der Waals surface area contributed by atoms with Crippen molar-refractivity contribution in [3.63, 3.8) is 0 Å². The second-order valence-corrected chi connectivity index (χ2v) is 9.38. The fourth-order valence-corrected chi connectivity index (χ4v) is 5.44. The third kappa shape index (κ3) is 4.64. The Hall–Kier alpha value is -1.44. The molecule has 6 nitrogen and oxygen atoms in total. The first-order valence-corrected chi connectivity index (χ1v) is 10.9. The van der Waals surface area contributed by atoms with E-state index in [9.17, 15) is 13.2 Å². The normalized spacial score (nSPS) is 26.0. The van der Waals surface area contributed by atoms with Crippen LogP contribution in [0.3, 0.4) is 0 Å². The van der Waals surface area contributed by atoms with Crippen molar-refractivity contribution in [1.82, 2.24) is 9.21 Å². The molecule has 0 N–H and O–H groups in total. The SMILES string of the molecule is CC1CN(C(=O)C2CCN(S(=O)(=O)Cc3ccccc3)CC2)CC(C)O1. The van der Waals surface area contributed by atoms with Crippen LogP contribution in [0.1, 0.15) is 32.3 Å². The highest BCUT2D eigenvalue weighted by molar-refractivity contribution is 7.88. The Labute approximate surface area is 156 Å². The van der Waals surface area contributed by atoms with Crippen molar-refractivity contribution in [3.05, 3.63) is 35.9 Å². The average Bonchev–Trinajstić information content (AvgIpc) is 2.61. The van der Waals surface area contributed by atoms with E-state index in [0.717, 1.165) is 5.56 Å². The Balaban J connectivity index is 1.56. The lowest BCUT2D eigenvalue weighted by atomic mass is 9.96. The van der Waals surface area contributed by atoms with Crippen LogP contribution in [0.25, 0.3) is 0 Å². The lowest BCUT2D eigenvalue weighted by Gasteiger charge is -2.39. The molecule has 3 rings (SSSR count). The predicted octanol–water partition coefficient (Wildman–Crippen LogP) is 1.86. The lowest BCUT2D eigenvalue weighted by Crippen LogP contribution is -2.51. The van der Waals surface area contributed by atoms with Gasteiger partial charge in [0.25, 0.3) is 0 Å². The zero-order valence-corrected chi connectivity index (χ0v) is 16.3. The van der Waals surface area contributed by atoms with Gasteiger partial charge in [0.1, 0.15) is 0 Å². The van der Waals surface area contributed by atoms with E-state index < -0.39 is 10.0 Å². The molecule has 144 valence electrons. The van der Waals surface area contributed by atoms with Gasteiger partial charge in [0.05, 0.1) is 18.0 Å². The van der Waals surface area contributed by atoms with Gasteiger partial charge in [-0.2, -0.15) is 0 Å². The molecule has 26 heavy (non-hydrogen) atoms. The van der Waals surface area contributed by atoms with Gasteiger partial charge >= 0.3 is 0 Å². The van der Waals surface area contributed by atoms with Crippen LogP contribution in [0.5, 0.6) is 0 Å². The molecule has 1 aromatic carbocycles. The van der Waals surface area contributed by atoms with Gasteiger partial charge < -0.3 is 9.64 Å². The first-order valence-electron chi connectivity index (χ1n) is 9.31. The second kappa shape index (κ2) is 8.06. The average molecular weight is 381 g/mol. The molecule has 1 aromatic rings. The summed E-state index contributed by atoms with van der Waals surface area (Å²) in [5, 5.41) is 0. The summed E-state index contributed by atoms with van der Waals surface area (Å²) in [5.74, 6) is 0.0769. The van der Waals surface area contributed by atoms with E-state index in [4.69, 9.17) is 4.74 Å². The Morgan fingerprint density at radius 3 is 2.23 bits per heavy atom. The molecule has 7 heteroatoms. The topological polar surface area (TPSA) is 66.9 Å². The van der Waals surface area contributed by atoms with Gasteiger partial charge in [0.2, 0.25) is 15.9 Å². The zero-order chi connectivity index (χ0) is 18.7. The molecule has 2 saturated heterocycles. The summed E-state index contributed by atoms with van der Waals surface area (Å²) in [7, 11) is -3.34. The molecule has 0 aliphatic carbocycles. The van der Waals surface area contributed by atoms with Crippen molar-refractivity contribution < 1.29 is 17.9 Å². The van der Waals surface area contributed by atoms with Gasteiger partial charge in [-0.25, -0.2) is 12.7 Å². The van der Waals surface area contributed by atoms with Crippen molar-refractivity contribution in [2.75, 3.05) is 26.2 Å². The summed E-state index contributed by atoms with van der Waals surface area (Å²) in [6.45, 7) is 6.04. The summed E-state index contributed by atoms with van der Waals surface area (Å²) in [6, 6.07) is 9.23. The summed E-state index contributed by atoms with van der Waals surface area (Å²) < 4.78 is 32.5. The van der Waals surface area contributed by atoms with Gasteiger partial charge in [-0.3, -0.25) is 4.79 Å². The summed E-state index contributed by atoms with van der Waals surface area (Å²) in [4.78, 5) is 14.7. The number of ether oxygens (including phenoxy) is 1. The first-order chi connectivity index (χ1) is 12.3. The van der Waals surface area contributed by atoms with Crippen LogP contribution in [0.2, 0.25) is 0 Å². The highest BCUT2D eigenvalue weighted by Gasteiger charge is 2.35. The molecule has 2 atom stereocenters. The Morgan fingerprint density at radius 2 is 1.65 bits per heavy atom. The summed E-state index contributed by atoms with van der Waals surface area (Å²) in [6.07, 6.45) is 1.28. The van der Waals surface area contributed by atoms with Gasteiger partial charge in [-0.15, -0.1) is 0 Å². The number of hydrogen-bond acceptors (Lipinski definition) is 4. The Kier molecular flexibility index (Phi) is 5.99. The van der Waals surface area contributed by atoms with E-state index in [2.05, 4.69) is 0 Å². The Morgan fingerprint density at radius 1 is 1.08 bits per heavy atom. The number of rotatable bonds is 4. The first kappa shape index (κ1) is 19.3. The maximum absolute atomic E-state index is 12.8. The van der Waals surface area contributed by atoms with Gasteiger partial charge in [-0.05, 0) is 32.3 Å². The quantitative estimate of drug-likeness (QED) is 0.800. The maximum Gasteiger partial charge on any atom is 0.225 e. The van der Waals surface area contributed by atoms with Crippen molar-refractivity contribution in [2.45, 2.75) is 44.6 Å². The molecule has 0 aromatic heterocycles. The van der Waals surface area contributed by atoms with E-state index in [-0.39, 0.29) is 29.8 Å². The molecule has 0 bridgehead atoms. The van der Waals surface area contributed by atoms with E-state index in [1.165, 1.54) is 4.31 Å². The third-order valence-electron chi connectivity index (χ3n) is 5.12. The number of benzene rings is 1. The molecule has 2 aliphatic heterocycles. The largest absolute Gasteiger partial charge is 0.372 e. The van der Waals surface area contributed by atoms with Gasteiger partial charge in [-0.1, -0.05) is 30.3 Å². The molecule has 0 radical (unpaired) electrons. The number of piperidine rings is 1. The predicted molar refractivity (Wildman–Crippen MR) is 100.0 cm³/mol. The number of nitrogens with zero attached hydrogens (tertiary/aromatic N) is 2. The summed E-state index contributed by atoms with van der Waals surface area (Å²) >= 11 is 0. The number of sulfonamides is 1. The minimum Gasteiger partial charge on any atom is -0.372 e. The number of carbonyl (C=O) groups excluding carboxylic acids is 1. The van der Waals surface area contributed by atoms with Crippen LogP contribution in [0.4, 0.5) is 0 Å². The molecule has 2 unspecified atom stereocenters. The standard InChI is InChI=1S/C19H28N2O4S/c1-15-12-20(13-16(2)25-15)19(22)18-8-10-21(11-9-18)26(23,24)14-17-6-4-3-5-7-17/h3-7,15-16,18H,8-14H2,1-2H3.